The van der Waals surface area contributed by atoms with Crippen molar-refractivity contribution in [2.75, 3.05) is 13.1 Å². The van der Waals surface area contributed by atoms with Gasteiger partial charge in [0.05, 0.1) is 0 Å². The fraction of sp³-hybridized carbons (Fsp3) is 0.385. The summed E-state index contributed by atoms with van der Waals surface area (Å²) in [7, 11) is 0. The molecule has 0 bridgehead atoms. The molecule has 1 aliphatic heterocycles. The average Bonchev–Trinajstić information content (AvgIpc) is 3.01. The number of hydrogen-bond acceptors (Lipinski definition) is 4. The fourth-order valence-corrected chi connectivity index (χ4v) is 2.78. The van der Waals surface area contributed by atoms with Gasteiger partial charge in [-0.05, 0) is 59.6 Å². The predicted molar refractivity (Wildman–Crippen MR) is 72.1 cm³/mol. The van der Waals surface area contributed by atoms with Crippen molar-refractivity contribution >= 4 is 15.9 Å². The molecule has 1 fully saturated rings. The van der Waals surface area contributed by atoms with Crippen molar-refractivity contribution in [1.29, 1.82) is 0 Å². The molecule has 0 saturated carbocycles. The summed E-state index contributed by atoms with van der Waals surface area (Å²) in [6.45, 7) is 2.05. The molecule has 100 valence electrons. The van der Waals surface area contributed by atoms with Crippen LogP contribution in [0.2, 0.25) is 0 Å². The lowest BCUT2D eigenvalue weighted by molar-refractivity contribution is 0.358. The standard InChI is InChI=1S/C13H13BrFN3O/c14-11-6-9(15)1-2-10(11)13-17-12(19-18-13)5-8-3-4-16-7-8/h1-2,6,8,16H,3-5,7H2. The first-order valence-corrected chi connectivity index (χ1v) is 7.00. The molecule has 1 atom stereocenters. The SMILES string of the molecule is Fc1ccc(-c2noc(CC3CCNC3)n2)c(Br)c1. The zero-order valence-electron chi connectivity index (χ0n) is 10.2. The van der Waals surface area contributed by atoms with Crippen molar-refractivity contribution in [3.8, 4) is 11.4 Å². The zero-order chi connectivity index (χ0) is 13.2. The van der Waals surface area contributed by atoms with Crippen LogP contribution in [0.5, 0.6) is 0 Å². The van der Waals surface area contributed by atoms with Gasteiger partial charge in [-0.15, -0.1) is 0 Å². The third-order valence-corrected chi connectivity index (χ3v) is 3.92. The second kappa shape index (κ2) is 5.38. The summed E-state index contributed by atoms with van der Waals surface area (Å²) in [6.07, 6.45) is 1.93. The fourth-order valence-electron chi connectivity index (χ4n) is 2.25. The number of nitrogens with zero attached hydrogens (tertiary/aromatic N) is 2. The van der Waals surface area contributed by atoms with Gasteiger partial charge in [0.1, 0.15) is 5.82 Å². The number of nitrogens with one attached hydrogen (secondary N) is 1. The van der Waals surface area contributed by atoms with Crippen molar-refractivity contribution in [3.05, 3.63) is 34.4 Å². The molecule has 0 radical (unpaired) electrons. The highest BCUT2D eigenvalue weighted by Gasteiger charge is 2.19. The minimum atomic E-state index is -0.295. The second-order valence-corrected chi connectivity index (χ2v) is 5.55. The van der Waals surface area contributed by atoms with E-state index in [1.165, 1.54) is 12.1 Å². The van der Waals surface area contributed by atoms with E-state index in [0.717, 1.165) is 31.5 Å². The Kier molecular flexibility index (Phi) is 3.61. The van der Waals surface area contributed by atoms with Gasteiger partial charge in [0.25, 0.3) is 0 Å². The van der Waals surface area contributed by atoms with E-state index >= 15 is 0 Å². The van der Waals surface area contributed by atoms with Crippen LogP contribution in [0, 0.1) is 11.7 Å². The third kappa shape index (κ3) is 2.84. The maximum atomic E-state index is 13.0. The normalized spacial score (nSPS) is 18.9. The number of rotatable bonds is 3. The highest BCUT2D eigenvalue weighted by molar-refractivity contribution is 9.10. The summed E-state index contributed by atoms with van der Waals surface area (Å²) in [5, 5.41) is 7.27. The van der Waals surface area contributed by atoms with Crippen molar-refractivity contribution in [3.63, 3.8) is 0 Å². The van der Waals surface area contributed by atoms with Gasteiger partial charge >= 0.3 is 0 Å². The predicted octanol–water partition coefficient (Wildman–Crippen LogP) is 2.79. The number of hydrogen-bond donors (Lipinski definition) is 1. The molecule has 0 aliphatic carbocycles. The van der Waals surface area contributed by atoms with Crippen molar-refractivity contribution in [2.45, 2.75) is 12.8 Å². The molecule has 1 saturated heterocycles. The van der Waals surface area contributed by atoms with Gasteiger partial charge in [-0.1, -0.05) is 5.16 Å². The minimum Gasteiger partial charge on any atom is -0.339 e. The molecule has 19 heavy (non-hydrogen) atoms. The van der Waals surface area contributed by atoms with Crippen molar-refractivity contribution < 1.29 is 8.91 Å². The number of halogens is 2. The van der Waals surface area contributed by atoms with Crippen LogP contribution in [-0.2, 0) is 6.42 Å². The van der Waals surface area contributed by atoms with Crippen LogP contribution in [0.1, 0.15) is 12.3 Å². The van der Waals surface area contributed by atoms with Gasteiger partial charge in [0.2, 0.25) is 11.7 Å². The lowest BCUT2D eigenvalue weighted by Crippen LogP contribution is -2.10. The van der Waals surface area contributed by atoms with Gasteiger partial charge < -0.3 is 9.84 Å². The molecule has 6 heteroatoms. The van der Waals surface area contributed by atoms with Crippen LogP contribution in [-0.4, -0.2) is 23.2 Å². The van der Waals surface area contributed by atoms with Crippen LogP contribution in [0.25, 0.3) is 11.4 Å². The smallest absolute Gasteiger partial charge is 0.227 e. The molecule has 0 spiro atoms. The summed E-state index contributed by atoms with van der Waals surface area (Å²) in [4.78, 5) is 4.38. The van der Waals surface area contributed by atoms with Gasteiger partial charge in [-0.25, -0.2) is 4.39 Å². The quantitative estimate of drug-likeness (QED) is 0.942. The van der Waals surface area contributed by atoms with E-state index in [4.69, 9.17) is 4.52 Å². The minimum absolute atomic E-state index is 0.295. The van der Waals surface area contributed by atoms with E-state index in [-0.39, 0.29) is 5.82 Å². The molecule has 1 aromatic carbocycles. The van der Waals surface area contributed by atoms with Gasteiger partial charge in [0, 0.05) is 16.5 Å². The van der Waals surface area contributed by atoms with Crippen molar-refractivity contribution in [1.82, 2.24) is 15.5 Å². The van der Waals surface area contributed by atoms with E-state index in [0.29, 0.717) is 22.1 Å². The lowest BCUT2D eigenvalue weighted by atomic mass is 10.1. The molecule has 0 amide bonds. The zero-order valence-corrected chi connectivity index (χ0v) is 11.8. The molecule has 3 rings (SSSR count). The first-order valence-electron chi connectivity index (χ1n) is 6.21. The Hall–Kier alpha value is -1.27. The highest BCUT2D eigenvalue weighted by Crippen LogP contribution is 2.27. The summed E-state index contributed by atoms with van der Waals surface area (Å²) in [6, 6.07) is 4.43. The lowest BCUT2D eigenvalue weighted by Gasteiger charge is -2.02. The van der Waals surface area contributed by atoms with Crippen LogP contribution >= 0.6 is 15.9 Å². The Labute approximate surface area is 118 Å². The van der Waals surface area contributed by atoms with Crippen LogP contribution < -0.4 is 5.32 Å². The molecule has 1 unspecified atom stereocenters. The largest absolute Gasteiger partial charge is 0.339 e. The Balaban J connectivity index is 1.80. The van der Waals surface area contributed by atoms with Crippen molar-refractivity contribution in [2.24, 2.45) is 5.92 Å². The third-order valence-electron chi connectivity index (χ3n) is 3.27. The molecular formula is C13H13BrFN3O. The van der Waals surface area contributed by atoms with Crippen LogP contribution in [0.15, 0.2) is 27.2 Å². The highest BCUT2D eigenvalue weighted by atomic mass is 79.9. The summed E-state index contributed by atoms with van der Waals surface area (Å²) < 4.78 is 18.9. The number of aromatic nitrogens is 2. The monoisotopic (exact) mass is 325 g/mol. The number of benzene rings is 1. The van der Waals surface area contributed by atoms with E-state index in [1.807, 2.05) is 0 Å². The Morgan fingerprint density at radius 3 is 3.11 bits per heavy atom. The van der Waals surface area contributed by atoms with Gasteiger partial charge in [-0.2, -0.15) is 4.98 Å². The summed E-state index contributed by atoms with van der Waals surface area (Å²) in [5.74, 6) is 1.40. The Morgan fingerprint density at radius 2 is 2.37 bits per heavy atom. The average molecular weight is 326 g/mol. The van der Waals surface area contributed by atoms with Crippen LogP contribution in [0.3, 0.4) is 0 Å². The molecule has 1 N–H and O–H groups in total. The maximum absolute atomic E-state index is 13.0. The maximum Gasteiger partial charge on any atom is 0.227 e. The van der Waals surface area contributed by atoms with E-state index in [2.05, 4.69) is 31.4 Å². The first-order chi connectivity index (χ1) is 9.22. The van der Waals surface area contributed by atoms with E-state index in [9.17, 15) is 4.39 Å². The molecule has 4 nitrogen and oxygen atoms in total. The first kappa shape index (κ1) is 12.7. The van der Waals surface area contributed by atoms with Gasteiger partial charge in [-0.3, -0.25) is 0 Å². The van der Waals surface area contributed by atoms with Gasteiger partial charge in [0.15, 0.2) is 0 Å². The summed E-state index contributed by atoms with van der Waals surface area (Å²) in [5.41, 5.74) is 0.737. The molecular weight excluding hydrogens is 313 g/mol. The Bertz CT molecular complexity index is 581. The molecule has 2 aromatic rings. The summed E-state index contributed by atoms with van der Waals surface area (Å²) >= 11 is 3.31. The van der Waals surface area contributed by atoms with Crippen LogP contribution in [0.4, 0.5) is 4.39 Å². The molecule has 1 aromatic heterocycles. The molecule has 2 heterocycles. The Morgan fingerprint density at radius 1 is 1.47 bits per heavy atom. The second-order valence-electron chi connectivity index (χ2n) is 4.70. The van der Waals surface area contributed by atoms with E-state index in [1.54, 1.807) is 6.07 Å². The molecule has 1 aliphatic rings. The van der Waals surface area contributed by atoms with E-state index < -0.39 is 0 Å². The topological polar surface area (TPSA) is 51.0 Å².